The third kappa shape index (κ3) is 4.09. The first-order chi connectivity index (χ1) is 16.0. The van der Waals surface area contributed by atoms with Crippen LogP contribution < -0.4 is 4.90 Å². The van der Waals surface area contributed by atoms with E-state index in [2.05, 4.69) is 17.0 Å². The van der Waals surface area contributed by atoms with Crippen LogP contribution in [0.1, 0.15) is 30.9 Å². The Bertz CT molecular complexity index is 1470. The Morgan fingerprint density at radius 1 is 1.09 bits per heavy atom. The quantitative estimate of drug-likeness (QED) is 0.236. The number of aryl methyl sites for hydroxylation is 2. The van der Waals surface area contributed by atoms with E-state index in [-0.39, 0.29) is 5.91 Å². The molecular formula is C24H22N6OS2. The molecule has 7 nitrogen and oxygen atoms in total. The molecule has 0 fully saturated rings. The summed E-state index contributed by atoms with van der Waals surface area (Å²) < 4.78 is 1.80. The van der Waals surface area contributed by atoms with Gasteiger partial charge in [-0.3, -0.25) is 9.69 Å². The number of para-hydroxylation sites is 2. The van der Waals surface area contributed by atoms with Crippen LogP contribution in [-0.2, 0) is 17.0 Å². The molecule has 3 heterocycles. The lowest BCUT2D eigenvalue weighted by molar-refractivity contribution is -0.115. The van der Waals surface area contributed by atoms with Crippen molar-refractivity contribution >= 4 is 56.4 Å². The molecule has 166 valence electrons. The number of carbonyl (C=O) groups is 1. The molecule has 0 aliphatic carbocycles. The predicted molar refractivity (Wildman–Crippen MR) is 133 cm³/mol. The maximum Gasteiger partial charge on any atom is 0.230 e. The molecule has 0 saturated carbocycles. The summed E-state index contributed by atoms with van der Waals surface area (Å²) in [5, 5.41) is 8.95. The van der Waals surface area contributed by atoms with Gasteiger partial charge < -0.3 is 0 Å². The highest BCUT2D eigenvalue weighted by atomic mass is 32.2. The molecule has 0 unspecified atom stereocenters. The number of fused-ring (bicyclic) bond motifs is 3. The van der Waals surface area contributed by atoms with E-state index in [1.165, 1.54) is 11.3 Å². The number of aromatic nitrogens is 5. The molecule has 0 aliphatic rings. The Morgan fingerprint density at radius 3 is 2.70 bits per heavy atom. The number of anilines is 2. The zero-order valence-corrected chi connectivity index (χ0v) is 20.2. The van der Waals surface area contributed by atoms with Gasteiger partial charge in [-0.05, 0) is 37.1 Å². The molecular weight excluding hydrogens is 452 g/mol. The largest absolute Gasteiger partial charge is 0.274 e. The van der Waals surface area contributed by atoms with E-state index in [1.807, 2.05) is 60.8 Å². The van der Waals surface area contributed by atoms with E-state index in [4.69, 9.17) is 9.97 Å². The Hall–Kier alpha value is -3.30. The van der Waals surface area contributed by atoms with Crippen LogP contribution in [0.2, 0.25) is 0 Å². The molecule has 0 N–H and O–H groups in total. The molecule has 0 saturated heterocycles. The smallest absolute Gasteiger partial charge is 0.230 e. The lowest BCUT2D eigenvalue weighted by Gasteiger charge is -2.20. The van der Waals surface area contributed by atoms with Gasteiger partial charge in [-0.25, -0.2) is 15.0 Å². The molecule has 2 aromatic carbocycles. The number of thiazole rings is 1. The van der Waals surface area contributed by atoms with Crippen molar-refractivity contribution in [2.45, 2.75) is 38.1 Å². The molecule has 9 heteroatoms. The van der Waals surface area contributed by atoms with E-state index in [9.17, 15) is 4.79 Å². The predicted octanol–water partition coefficient (Wildman–Crippen LogP) is 5.58. The van der Waals surface area contributed by atoms with Crippen LogP contribution in [0.15, 0.2) is 59.1 Å². The van der Waals surface area contributed by atoms with Gasteiger partial charge in [-0.2, -0.15) is 4.52 Å². The monoisotopic (exact) mass is 474 g/mol. The molecule has 0 atom stereocenters. The van der Waals surface area contributed by atoms with Crippen molar-refractivity contribution in [1.82, 2.24) is 24.6 Å². The molecule has 5 rings (SSSR count). The zero-order valence-electron chi connectivity index (χ0n) is 18.5. The minimum Gasteiger partial charge on any atom is -0.274 e. The van der Waals surface area contributed by atoms with E-state index in [0.717, 1.165) is 45.1 Å². The Labute approximate surface area is 199 Å². The summed E-state index contributed by atoms with van der Waals surface area (Å²) in [5.74, 6) is 1.26. The van der Waals surface area contributed by atoms with Gasteiger partial charge in [0.05, 0.1) is 16.9 Å². The van der Waals surface area contributed by atoms with Crippen LogP contribution in [0, 0.1) is 6.92 Å². The number of nitrogens with zero attached hydrogens (tertiary/aromatic N) is 6. The summed E-state index contributed by atoms with van der Waals surface area (Å²) in [4.78, 5) is 28.4. The van der Waals surface area contributed by atoms with Gasteiger partial charge in [-0.1, -0.05) is 49.0 Å². The number of rotatable bonds is 6. The molecule has 0 radical (unpaired) electrons. The van der Waals surface area contributed by atoms with Crippen LogP contribution in [0.25, 0.3) is 16.6 Å². The van der Waals surface area contributed by atoms with E-state index in [0.29, 0.717) is 16.7 Å². The fourth-order valence-electron chi connectivity index (χ4n) is 3.77. The SMILES string of the molecule is CCc1ccccc1N(C(C)=O)c1nc(CSc2nc3ccccc3c3nc(C)nn23)cs1. The second-order valence-corrected chi connectivity index (χ2v) is 9.33. The first-order valence-electron chi connectivity index (χ1n) is 10.6. The van der Waals surface area contributed by atoms with Crippen LogP contribution >= 0.6 is 23.1 Å². The Balaban J connectivity index is 1.44. The van der Waals surface area contributed by atoms with Gasteiger partial charge in [0.15, 0.2) is 15.9 Å². The third-order valence-electron chi connectivity index (χ3n) is 5.26. The third-order valence-corrected chi connectivity index (χ3v) is 7.10. The summed E-state index contributed by atoms with van der Waals surface area (Å²) in [6.45, 7) is 5.54. The first kappa shape index (κ1) is 21.5. The van der Waals surface area contributed by atoms with E-state index in [1.54, 1.807) is 28.1 Å². The summed E-state index contributed by atoms with van der Waals surface area (Å²) in [6.07, 6.45) is 0.842. The van der Waals surface area contributed by atoms with Gasteiger partial charge in [0.2, 0.25) is 5.91 Å². The number of amides is 1. The fraction of sp³-hybridized carbons (Fsp3) is 0.208. The number of hydrogen-bond donors (Lipinski definition) is 0. The standard InChI is InChI=1S/C24H22N6OS2/c1-4-17-9-5-8-12-21(17)29(16(3)31)23-26-18(13-32-23)14-33-24-27-20-11-7-6-10-19(20)22-25-15(2)28-30(22)24/h5-13H,4,14H2,1-3H3. The van der Waals surface area contributed by atoms with Gasteiger partial charge in [-0.15, -0.1) is 16.4 Å². The number of benzene rings is 2. The lowest BCUT2D eigenvalue weighted by Crippen LogP contribution is -2.23. The summed E-state index contributed by atoms with van der Waals surface area (Å²) in [6, 6.07) is 15.9. The highest BCUT2D eigenvalue weighted by Gasteiger charge is 2.20. The summed E-state index contributed by atoms with van der Waals surface area (Å²) in [7, 11) is 0. The minimum absolute atomic E-state index is 0.0551. The van der Waals surface area contributed by atoms with Crippen molar-refractivity contribution in [3.8, 4) is 0 Å². The lowest BCUT2D eigenvalue weighted by atomic mass is 10.1. The van der Waals surface area contributed by atoms with Crippen molar-refractivity contribution in [2.24, 2.45) is 0 Å². The molecule has 1 amide bonds. The minimum atomic E-state index is -0.0551. The topological polar surface area (TPSA) is 76.3 Å². The van der Waals surface area contributed by atoms with Crippen LogP contribution in [0.4, 0.5) is 10.8 Å². The van der Waals surface area contributed by atoms with Crippen LogP contribution in [0.5, 0.6) is 0 Å². The first-order valence-corrected chi connectivity index (χ1v) is 12.5. The Kier molecular flexibility index (Phi) is 5.82. The molecule has 0 aliphatic heterocycles. The van der Waals surface area contributed by atoms with Gasteiger partial charge in [0, 0.05) is 23.4 Å². The molecule has 5 aromatic rings. The molecule has 0 bridgehead atoms. The van der Waals surface area contributed by atoms with Crippen molar-refractivity contribution in [3.05, 3.63) is 71.0 Å². The number of carbonyl (C=O) groups excluding carboxylic acids is 1. The average Bonchev–Trinajstić information content (AvgIpc) is 3.44. The van der Waals surface area contributed by atoms with Gasteiger partial charge in [0.25, 0.3) is 0 Å². The summed E-state index contributed by atoms with van der Waals surface area (Å²) >= 11 is 3.03. The van der Waals surface area contributed by atoms with Gasteiger partial charge >= 0.3 is 0 Å². The molecule has 33 heavy (non-hydrogen) atoms. The van der Waals surface area contributed by atoms with Crippen LogP contribution in [-0.4, -0.2) is 30.5 Å². The highest BCUT2D eigenvalue weighted by molar-refractivity contribution is 7.98. The second kappa shape index (κ2) is 8.92. The second-order valence-electron chi connectivity index (χ2n) is 7.55. The summed E-state index contributed by atoms with van der Waals surface area (Å²) in [5.41, 5.74) is 4.58. The van der Waals surface area contributed by atoms with E-state index < -0.39 is 0 Å². The van der Waals surface area contributed by atoms with Crippen molar-refractivity contribution in [2.75, 3.05) is 4.90 Å². The highest BCUT2D eigenvalue weighted by Crippen LogP contribution is 2.33. The number of thioether (sulfide) groups is 1. The molecule has 0 spiro atoms. The van der Waals surface area contributed by atoms with E-state index >= 15 is 0 Å². The normalized spacial score (nSPS) is 11.4. The maximum absolute atomic E-state index is 12.5. The zero-order chi connectivity index (χ0) is 22.9. The average molecular weight is 475 g/mol. The number of hydrogen-bond acceptors (Lipinski definition) is 7. The molecule has 3 aromatic heterocycles. The van der Waals surface area contributed by atoms with Crippen molar-refractivity contribution < 1.29 is 4.79 Å². The van der Waals surface area contributed by atoms with Gasteiger partial charge in [0.1, 0.15) is 5.82 Å². The Morgan fingerprint density at radius 2 is 1.88 bits per heavy atom. The van der Waals surface area contributed by atoms with Crippen molar-refractivity contribution in [3.63, 3.8) is 0 Å². The maximum atomic E-state index is 12.5. The van der Waals surface area contributed by atoms with Crippen LogP contribution in [0.3, 0.4) is 0 Å². The fourth-order valence-corrected chi connectivity index (χ4v) is 5.59. The van der Waals surface area contributed by atoms with Crippen molar-refractivity contribution in [1.29, 1.82) is 0 Å².